The predicted molar refractivity (Wildman–Crippen MR) is 129 cm³/mol. The quantitative estimate of drug-likeness (QED) is 0.553. The molecule has 0 bridgehead atoms. The minimum absolute atomic E-state index is 0.0616. The van der Waals surface area contributed by atoms with E-state index in [4.69, 9.17) is 9.40 Å². The lowest BCUT2D eigenvalue weighted by atomic mass is 9.89. The van der Waals surface area contributed by atoms with Gasteiger partial charge in [-0.05, 0) is 67.8 Å². The molecule has 1 saturated heterocycles. The van der Waals surface area contributed by atoms with Gasteiger partial charge in [0.2, 0.25) is 5.91 Å². The van der Waals surface area contributed by atoms with E-state index in [2.05, 4.69) is 0 Å². The first-order valence-electron chi connectivity index (χ1n) is 11.4. The van der Waals surface area contributed by atoms with Crippen molar-refractivity contribution < 1.29 is 19.1 Å². The molecule has 1 N–H and O–H groups in total. The molecule has 1 aliphatic rings. The summed E-state index contributed by atoms with van der Waals surface area (Å²) in [6, 6.07) is 14.2. The second kappa shape index (κ2) is 10.4. The lowest BCUT2D eigenvalue weighted by Gasteiger charge is -2.32. The van der Waals surface area contributed by atoms with Gasteiger partial charge in [-0.15, -0.1) is 0 Å². The zero-order chi connectivity index (χ0) is 24.1. The molecule has 0 unspecified atom stereocenters. The van der Waals surface area contributed by atoms with Gasteiger partial charge in [-0.3, -0.25) is 14.6 Å². The summed E-state index contributed by atoms with van der Waals surface area (Å²) in [5.74, 6) is 0.846. The predicted octanol–water partition coefficient (Wildman–Crippen LogP) is 4.38. The highest BCUT2D eigenvalue weighted by Crippen LogP contribution is 2.30. The Morgan fingerprint density at radius 1 is 1.18 bits per heavy atom. The molecule has 1 fully saturated rings. The van der Waals surface area contributed by atoms with E-state index in [1.54, 1.807) is 54.6 Å². The Bertz CT molecular complexity index is 1180. The summed E-state index contributed by atoms with van der Waals surface area (Å²) in [7, 11) is 1.76. The fourth-order valence-corrected chi connectivity index (χ4v) is 4.26. The van der Waals surface area contributed by atoms with E-state index >= 15 is 0 Å². The van der Waals surface area contributed by atoms with Gasteiger partial charge < -0.3 is 19.3 Å². The molecule has 4 rings (SSSR count). The van der Waals surface area contributed by atoms with Gasteiger partial charge in [0.25, 0.3) is 5.91 Å². The number of hydrogen-bond donors (Lipinski definition) is 1. The van der Waals surface area contributed by atoms with Gasteiger partial charge in [-0.25, -0.2) is 0 Å². The Hall–Kier alpha value is -3.87. The second-order valence-electron chi connectivity index (χ2n) is 8.65. The molecule has 2 aromatic heterocycles. The topological polar surface area (TPSA) is 86.9 Å². The third kappa shape index (κ3) is 5.54. The van der Waals surface area contributed by atoms with Crippen molar-refractivity contribution in [2.24, 2.45) is 0 Å². The van der Waals surface area contributed by atoms with Crippen LogP contribution in [0.2, 0.25) is 0 Å². The molecule has 3 aromatic rings. The number of phenols is 1. The third-order valence-corrected chi connectivity index (χ3v) is 6.10. The van der Waals surface area contributed by atoms with Gasteiger partial charge in [0, 0.05) is 37.8 Å². The number of aryl methyl sites for hydroxylation is 1. The maximum absolute atomic E-state index is 13.2. The van der Waals surface area contributed by atoms with E-state index in [1.807, 2.05) is 36.1 Å². The van der Waals surface area contributed by atoms with Crippen molar-refractivity contribution in [3.8, 4) is 5.75 Å². The Balaban J connectivity index is 1.42. The number of phenolic OH excluding ortho intramolecular Hbond substituents is 1. The molecular weight excluding hydrogens is 430 g/mol. The summed E-state index contributed by atoms with van der Waals surface area (Å²) >= 11 is 0. The summed E-state index contributed by atoms with van der Waals surface area (Å²) in [6.45, 7) is 3.51. The number of pyridine rings is 1. The highest BCUT2D eigenvalue weighted by atomic mass is 16.3. The Kier molecular flexibility index (Phi) is 7.11. The highest BCUT2D eigenvalue weighted by molar-refractivity contribution is 5.95. The summed E-state index contributed by atoms with van der Waals surface area (Å²) < 4.78 is 5.38. The molecule has 0 spiro atoms. The Labute approximate surface area is 199 Å². The zero-order valence-corrected chi connectivity index (χ0v) is 19.5. The maximum atomic E-state index is 13.2. The van der Waals surface area contributed by atoms with Gasteiger partial charge in [0.1, 0.15) is 11.5 Å². The molecule has 176 valence electrons. The smallest absolute Gasteiger partial charge is 0.255 e. The van der Waals surface area contributed by atoms with Crippen LogP contribution >= 0.6 is 0 Å². The number of likely N-dealkylation sites (tertiary alicyclic amines) is 1. The molecular formula is C27H29N3O4. The monoisotopic (exact) mass is 459 g/mol. The van der Waals surface area contributed by atoms with Crippen molar-refractivity contribution in [2.45, 2.75) is 32.2 Å². The van der Waals surface area contributed by atoms with Crippen LogP contribution in [-0.4, -0.2) is 51.8 Å². The second-order valence-corrected chi connectivity index (χ2v) is 8.65. The van der Waals surface area contributed by atoms with Crippen molar-refractivity contribution in [2.75, 3.05) is 20.1 Å². The first-order valence-corrected chi connectivity index (χ1v) is 11.4. The molecule has 0 atom stereocenters. The number of furan rings is 1. The Morgan fingerprint density at radius 2 is 1.97 bits per heavy atom. The molecule has 7 nitrogen and oxygen atoms in total. The van der Waals surface area contributed by atoms with Crippen LogP contribution < -0.4 is 0 Å². The van der Waals surface area contributed by atoms with Crippen molar-refractivity contribution in [1.29, 1.82) is 0 Å². The van der Waals surface area contributed by atoms with Crippen molar-refractivity contribution >= 4 is 17.9 Å². The molecule has 2 amide bonds. The summed E-state index contributed by atoms with van der Waals surface area (Å²) in [6.07, 6.45) is 6.33. The largest absolute Gasteiger partial charge is 0.508 e. The van der Waals surface area contributed by atoms with Crippen LogP contribution in [0.25, 0.3) is 6.08 Å². The Morgan fingerprint density at radius 3 is 2.68 bits per heavy atom. The van der Waals surface area contributed by atoms with Gasteiger partial charge in [-0.1, -0.05) is 12.1 Å². The summed E-state index contributed by atoms with van der Waals surface area (Å²) in [5, 5.41) is 9.58. The van der Waals surface area contributed by atoms with E-state index in [-0.39, 0.29) is 23.5 Å². The van der Waals surface area contributed by atoms with Crippen LogP contribution in [0, 0.1) is 6.92 Å². The fourth-order valence-electron chi connectivity index (χ4n) is 4.26. The summed E-state index contributed by atoms with van der Waals surface area (Å²) in [5.41, 5.74) is 3.05. The van der Waals surface area contributed by atoms with Crippen LogP contribution in [0.15, 0.2) is 65.3 Å². The summed E-state index contributed by atoms with van der Waals surface area (Å²) in [4.78, 5) is 34.1. The first kappa shape index (κ1) is 23.3. The average Bonchev–Trinajstić information content (AvgIpc) is 3.35. The van der Waals surface area contributed by atoms with Crippen molar-refractivity contribution in [1.82, 2.24) is 14.8 Å². The van der Waals surface area contributed by atoms with Crippen LogP contribution in [0.3, 0.4) is 0 Å². The number of nitrogens with zero attached hydrogens (tertiary/aromatic N) is 3. The lowest BCUT2D eigenvalue weighted by Crippen LogP contribution is -2.37. The standard InChI is InChI=1S/C27H29N3O4/c1-19-8-10-24(27(33)29(2)18-23-7-4-16-34-23)26(28-19)21-12-14-30(15-13-21)25(32)11-9-20-5-3-6-22(31)17-20/h3-11,16-17,21,31H,12-15,18H2,1-2H3/b11-9+. The molecule has 34 heavy (non-hydrogen) atoms. The van der Waals surface area contributed by atoms with E-state index in [0.29, 0.717) is 25.2 Å². The molecule has 3 heterocycles. The number of aromatic hydroxyl groups is 1. The molecule has 1 aromatic carbocycles. The van der Waals surface area contributed by atoms with Crippen LogP contribution in [0.4, 0.5) is 0 Å². The number of piperidine rings is 1. The lowest BCUT2D eigenvalue weighted by molar-refractivity contribution is -0.127. The third-order valence-electron chi connectivity index (χ3n) is 6.10. The molecule has 0 radical (unpaired) electrons. The molecule has 7 heteroatoms. The number of rotatable bonds is 6. The van der Waals surface area contributed by atoms with E-state index in [9.17, 15) is 14.7 Å². The highest BCUT2D eigenvalue weighted by Gasteiger charge is 2.28. The van der Waals surface area contributed by atoms with E-state index in [0.717, 1.165) is 35.6 Å². The SMILES string of the molecule is Cc1ccc(C(=O)N(C)Cc2ccco2)c(C2CCN(C(=O)/C=C/c3cccc(O)c3)CC2)n1. The number of amides is 2. The van der Waals surface area contributed by atoms with Gasteiger partial charge in [-0.2, -0.15) is 0 Å². The van der Waals surface area contributed by atoms with Gasteiger partial charge in [0.05, 0.1) is 24.1 Å². The minimum Gasteiger partial charge on any atom is -0.508 e. The number of carbonyl (C=O) groups excluding carboxylic acids is 2. The minimum atomic E-state index is -0.0912. The van der Waals surface area contributed by atoms with Crippen LogP contribution in [-0.2, 0) is 11.3 Å². The zero-order valence-electron chi connectivity index (χ0n) is 19.5. The van der Waals surface area contributed by atoms with Gasteiger partial charge >= 0.3 is 0 Å². The van der Waals surface area contributed by atoms with Crippen molar-refractivity contribution in [3.05, 3.63) is 89.1 Å². The number of carbonyl (C=O) groups is 2. The van der Waals surface area contributed by atoms with Crippen LogP contribution in [0.5, 0.6) is 5.75 Å². The van der Waals surface area contributed by atoms with Crippen molar-refractivity contribution in [3.63, 3.8) is 0 Å². The van der Waals surface area contributed by atoms with Crippen LogP contribution in [0.1, 0.15) is 51.8 Å². The van der Waals surface area contributed by atoms with E-state index in [1.165, 1.54) is 0 Å². The maximum Gasteiger partial charge on any atom is 0.255 e. The molecule has 1 aliphatic heterocycles. The molecule has 0 saturated carbocycles. The number of aromatic nitrogens is 1. The van der Waals surface area contributed by atoms with Gasteiger partial charge in [0.15, 0.2) is 0 Å². The van der Waals surface area contributed by atoms with E-state index < -0.39 is 0 Å². The number of hydrogen-bond acceptors (Lipinski definition) is 5. The average molecular weight is 460 g/mol. The normalized spacial score (nSPS) is 14.5. The molecule has 0 aliphatic carbocycles. The fraction of sp³-hybridized carbons (Fsp3) is 0.296. The number of benzene rings is 1. The first-order chi connectivity index (χ1) is 16.4.